The molecule has 0 spiro atoms. The van der Waals surface area contributed by atoms with Crippen molar-refractivity contribution in [3.05, 3.63) is 21.9 Å². The lowest BCUT2D eigenvalue weighted by Gasteiger charge is -2.32. The van der Waals surface area contributed by atoms with E-state index in [-0.39, 0.29) is 12.3 Å². The molecule has 3 rings (SSSR count). The van der Waals surface area contributed by atoms with E-state index in [0.717, 1.165) is 4.88 Å². The van der Waals surface area contributed by atoms with E-state index in [0.29, 0.717) is 25.6 Å². The maximum absolute atomic E-state index is 12.6. The Morgan fingerprint density at radius 2 is 2.25 bits per heavy atom. The van der Waals surface area contributed by atoms with Crippen LogP contribution in [0.15, 0.2) is 11.4 Å². The van der Waals surface area contributed by atoms with Crippen LogP contribution in [0.25, 0.3) is 0 Å². The van der Waals surface area contributed by atoms with E-state index >= 15 is 0 Å². The highest BCUT2D eigenvalue weighted by Crippen LogP contribution is 2.43. The monoisotopic (exact) mass is 295 g/mol. The molecule has 1 aliphatic heterocycles. The topological polar surface area (TPSA) is 66.8 Å². The van der Waals surface area contributed by atoms with Crippen LogP contribution in [0, 0.1) is 0 Å². The average molecular weight is 295 g/mol. The number of carbonyl (C=O) groups is 2. The number of rotatable bonds is 4. The first kappa shape index (κ1) is 13.6. The van der Waals surface area contributed by atoms with E-state index in [2.05, 4.69) is 0 Å². The minimum Gasteiger partial charge on any atom is -0.481 e. The van der Waals surface area contributed by atoms with Gasteiger partial charge in [0.1, 0.15) is 0 Å². The van der Waals surface area contributed by atoms with Crippen molar-refractivity contribution in [2.75, 3.05) is 19.7 Å². The Kier molecular flexibility index (Phi) is 3.76. The molecule has 1 aromatic rings. The number of ether oxygens (including phenoxy) is 1. The van der Waals surface area contributed by atoms with Crippen LogP contribution in [0.5, 0.6) is 0 Å². The summed E-state index contributed by atoms with van der Waals surface area (Å²) in [4.78, 5) is 25.9. The van der Waals surface area contributed by atoms with Gasteiger partial charge in [0.15, 0.2) is 0 Å². The molecule has 108 valence electrons. The Bertz CT molecular complexity index is 523. The third-order valence-corrected chi connectivity index (χ3v) is 4.65. The lowest BCUT2D eigenvalue weighted by molar-refractivity contribution is -0.141. The van der Waals surface area contributed by atoms with E-state index in [9.17, 15) is 9.59 Å². The standard InChI is InChI=1S/C14H17NO4S/c16-12(17)7-10-8-15(4-5-19-10)14(18)13-11(3-6-20-13)9-1-2-9/h3,6,9-10H,1-2,4-5,7-8H2,(H,16,17)/t10-/m1/s1. The summed E-state index contributed by atoms with van der Waals surface area (Å²) in [5, 5.41) is 10.8. The molecular formula is C14H17NO4S. The van der Waals surface area contributed by atoms with E-state index < -0.39 is 12.1 Å². The molecule has 2 aliphatic rings. The summed E-state index contributed by atoms with van der Waals surface area (Å²) in [6.45, 7) is 1.32. The largest absolute Gasteiger partial charge is 0.481 e. The van der Waals surface area contributed by atoms with Gasteiger partial charge in [-0.1, -0.05) is 0 Å². The van der Waals surface area contributed by atoms with Crippen molar-refractivity contribution in [1.82, 2.24) is 4.90 Å². The minimum absolute atomic E-state index is 0.0283. The van der Waals surface area contributed by atoms with Crippen LogP contribution in [-0.2, 0) is 9.53 Å². The smallest absolute Gasteiger partial charge is 0.306 e. The number of aliphatic carboxylic acids is 1. The molecule has 1 saturated heterocycles. The Hall–Kier alpha value is -1.40. The molecule has 1 atom stereocenters. The summed E-state index contributed by atoms with van der Waals surface area (Å²) in [6.07, 6.45) is 1.89. The van der Waals surface area contributed by atoms with Crippen molar-refractivity contribution >= 4 is 23.2 Å². The molecule has 1 aliphatic carbocycles. The molecule has 0 aromatic carbocycles. The molecule has 0 radical (unpaired) electrons. The Labute approximate surface area is 121 Å². The van der Waals surface area contributed by atoms with E-state index in [1.807, 2.05) is 11.4 Å². The SMILES string of the molecule is O=C(O)C[C@@H]1CN(C(=O)c2sccc2C2CC2)CCO1. The van der Waals surface area contributed by atoms with Crippen molar-refractivity contribution in [2.45, 2.75) is 31.3 Å². The number of nitrogens with zero attached hydrogens (tertiary/aromatic N) is 1. The summed E-state index contributed by atoms with van der Waals surface area (Å²) < 4.78 is 5.41. The first-order valence-electron chi connectivity index (χ1n) is 6.85. The second-order valence-electron chi connectivity index (χ2n) is 5.32. The minimum atomic E-state index is -0.890. The molecule has 1 N–H and O–H groups in total. The number of hydrogen-bond donors (Lipinski definition) is 1. The highest BCUT2D eigenvalue weighted by molar-refractivity contribution is 7.12. The van der Waals surface area contributed by atoms with E-state index in [4.69, 9.17) is 9.84 Å². The third-order valence-electron chi connectivity index (χ3n) is 3.74. The Morgan fingerprint density at radius 3 is 2.95 bits per heavy atom. The molecule has 2 heterocycles. The van der Waals surface area contributed by atoms with Gasteiger partial charge in [-0.2, -0.15) is 0 Å². The van der Waals surface area contributed by atoms with Gasteiger partial charge in [-0.15, -0.1) is 11.3 Å². The van der Waals surface area contributed by atoms with Crippen LogP contribution in [0.1, 0.15) is 40.4 Å². The van der Waals surface area contributed by atoms with Gasteiger partial charge in [0, 0.05) is 13.1 Å². The van der Waals surface area contributed by atoms with Crippen LogP contribution < -0.4 is 0 Å². The number of carboxylic acids is 1. The molecule has 5 nitrogen and oxygen atoms in total. The Morgan fingerprint density at radius 1 is 1.45 bits per heavy atom. The van der Waals surface area contributed by atoms with Crippen LogP contribution in [-0.4, -0.2) is 47.7 Å². The summed E-state index contributed by atoms with van der Waals surface area (Å²) in [5.74, 6) is -0.310. The number of hydrogen-bond acceptors (Lipinski definition) is 4. The molecule has 1 saturated carbocycles. The number of carboxylic acid groups (broad SMARTS) is 1. The van der Waals surface area contributed by atoms with Gasteiger partial charge in [0.05, 0.1) is 24.0 Å². The predicted octanol–water partition coefficient (Wildman–Crippen LogP) is 1.94. The Balaban J connectivity index is 1.69. The van der Waals surface area contributed by atoms with Gasteiger partial charge in [-0.3, -0.25) is 9.59 Å². The third kappa shape index (κ3) is 2.86. The molecule has 0 unspecified atom stereocenters. The number of thiophene rings is 1. The van der Waals surface area contributed by atoms with Gasteiger partial charge in [-0.25, -0.2) is 0 Å². The van der Waals surface area contributed by atoms with Gasteiger partial charge in [-0.05, 0) is 35.8 Å². The van der Waals surface area contributed by atoms with Gasteiger partial charge >= 0.3 is 5.97 Å². The highest BCUT2D eigenvalue weighted by atomic mass is 32.1. The van der Waals surface area contributed by atoms with Crippen LogP contribution >= 0.6 is 11.3 Å². The van der Waals surface area contributed by atoms with Crippen LogP contribution in [0.3, 0.4) is 0 Å². The zero-order valence-electron chi connectivity index (χ0n) is 11.1. The van der Waals surface area contributed by atoms with E-state index in [1.54, 1.807) is 4.90 Å². The molecule has 0 bridgehead atoms. The summed E-state index contributed by atoms with van der Waals surface area (Å²) >= 11 is 1.49. The predicted molar refractivity (Wildman–Crippen MR) is 74.2 cm³/mol. The zero-order chi connectivity index (χ0) is 14.1. The van der Waals surface area contributed by atoms with Crippen molar-refractivity contribution in [2.24, 2.45) is 0 Å². The van der Waals surface area contributed by atoms with Crippen molar-refractivity contribution in [3.63, 3.8) is 0 Å². The number of carbonyl (C=O) groups excluding carboxylic acids is 1. The molecule has 6 heteroatoms. The maximum atomic E-state index is 12.6. The van der Waals surface area contributed by atoms with Crippen molar-refractivity contribution in [1.29, 1.82) is 0 Å². The lowest BCUT2D eigenvalue weighted by atomic mass is 10.1. The van der Waals surface area contributed by atoms with Crippen LogP contribution in [0.4, 0.5) is 0 Å². The molecule has 1 amide bonds. The van der Waals surface area contributed by atoms with Gasteiger partial charge in [0.2, 0.25) is 0 Å². The fourth-order valence-electron chi connectivity index (χ4n) is 2.57. The normalized spacial score (nSPS) is 22.8. The fourth-order valence-corrected chi connectivity index (χ4v) is 3.53. The van der Waals surface area contributed by atoms with E-state index in [1.165, 1.54) is 29.7 Å². The summed E-state index contributed by atoms with van der Waals surface area (Å²) in [7, 11) is 0. The highest BCUT2D eigenvalue weighted by Gasteiger charge is 2.32. The summed E-state index contributed by atoms with van der Waals surface area (Å²) in [5.41, 5.74) is 1.17. The molecule has 2 fully saturated rings. The second kappa shape index (κ2) is 5.54. The fraction of sp³-hybridized carbons (Fsp3) is 0.571. The van der Waals surface area contributed by atoms with Gasteiger partial charge in [0.25, 0.3) is 5.91 Å². The summed E-state index contributed by atoms with van der Waals surface area (Å²) in [6, 6.07) is 2.05. The molecule has 20 heavy (non-hydrogen) atoms. The lowest BCUT2D eigenvalue weighted by Crippen LogP contribution is -2.46. The van der Waals surface area contributed by atoms with Crippen LogP contribution in [0.2, 0.25) is 0 Å². The average Bonchev–Trinajstić information content (AvgIpc) is 3.15. The first-order valence-corrected chi connectivity index (χ1v) is 7.73. The zero-order valence-corrected chi connectivity index (χ0v) is 11.9. The second-order valence-corrected chi connectivity index (χ2v) is 6.24. The number of morpholine rings is 1. The maximum Gasteiger partial charge on any atom is 0.306 e. The first-order chi connectivity index (χ1) is 9.65. The molecule has 1 aromatic heterocycles. The van der Waals surface area contributed by atoms with Crippen molar-refractivity contribution < 1.29 is 19.4 Å². The quantitative estimate of drug-likeness (QED) is 0.922. The van der Waals surface area contributed by atoms with Crippen molar-refractivity contribution in [3.8, 4) is 0 Å². The molecular weight excluding hydrogens is 278 g/mol. The van der Waals surface area contributed by atoms with Gasteiger partial charge < -0.3 is 14.7 Å². The number of amides is 1.